The molecule has 0 fully saturated rings. The van der Waals surface area contributed by atoms with Crippen LogP contribution < -0.4 is 15.0 Å². The molecule has 272 valence electrons. The van der Waals surface area contributed by atoms with E-state index in [9.17, 15) is 0 Å². The second kappa shape index (κ2) is 13.0. The van der Waals surface area contributed by atoms with Crippen molar-refractivity contribution in [3.63, 3.8) is 0 Å². The van der Waals surface area contributed by atoms with Crippen LogP contribution in [0.3, 0.4) is 0 Å². The van der Waals surface area contributed by atoms with Gasteiger partial charge in [-0.15, -0.1) is 0 Å². The first-order valence-electron chi connectivity index (χ1n) is 19.8. The molecule has 0 saturated carbocycles. The van der Waals surface area contributed by atoms with E-state index >= 15 is 0 Å². The van der Waals surface area contributed by atoms with E-state index in [4.69, 9.17) is 4.74 Å². The van der Waals surface area contributed by atoms with Gasteiger partial charge in [0.1, 0.15) is 5.75 Å². The molecule has 1 heterocycles. The summed E-state index contributed by atoms with van der Waals surface area (Å²) in [7, 11) is 0. The molecule has 1 aliphatic carbocycles. The summed E-state index contributed by atoms with van der Waals surface area (Å²) in [6.45, 7) is 4.70. The Kier molecular flexibility index (Phi) is 7.58. The summed E-state index contributed by atoms with van der Waals surface area (Å²) in [6, 6.07) is 70.3. The molecule has 57 heavy (non-hydrogen) atoms. The van der Waals surface area contributed by atoms with Crippen molar-refractivity contribution in [1.29, 1.82) is 0 Å². The highest BCUT2D eigenvalue weighted by atomic mass is 16.5. The van der Waals surface area contributed by atoms with E-state index in [1.54, 1.807) is 0 Å². The van der Waals surface area contributed by atoms with Crippen LogP contribution in [0.25, 0.3) is 54.9 Å². The third kappa shape index (κ3) is 5.50. The highest BCUT2D eigenvalue weighted by molar-refractivity contribution is 6.16. The van der Waals surface area contributed by atoms with Crippen molar-refractivity contribution < 1.29 is 4.74 Å². The molecule has 3 heteroatoms. The molecular weight excluding hydrogens is 693 g/mol. The molecule has 9 aromatic rings. The maximum Gasteiger partial charge on any atom is 0.196 e. The van der Waals surface area contributed by atoms with Crippen LogP contribution in [0.1, 0.15) is 36.8 Å². The third-order valence-corrected chi connectivity index (χ3v) is 12.1. The van der Waals surface area contributed by atoms with Gasteiger partial charge in [0, 0.05) is 33.4 Å². The summed E-state index contributed by atoms with van der Waals surface area (Å²) in [5.74, 6) is 0.884. The highest BCUT2D eigenvalue weighted by Crippen LogP contribution is 2.51. The molecule has 1 unspecified atom stereocenters. The van der Waals surface area contributed by atoms with E-state index in [2.05, 4.69) is 212 Å². The van der Waals surface area contributed by atoms with Crippen molar-refractivity contribution in [1.82, 2.24) is 0 Å². The Hall–Kier alpha value is -7.10. The molecule has 0 bridgehead atoms. The van der Waals surface area contributed by atoms with E-state index in [0.29, 0.717) is 0 Å². The van der Waals surface area contributed by atoms with Gasteiger partial charge in [-0.3, -0.25) is 0 Å². The van der Waals surface area contributed by atoms with Crippen molar-refractivity contribution in [3.05, 3.63) is 211 Å². The van der Waals surface area contributed by atoms with Crippen LogP contribution in [-0.4, -0.2) is 0 Å². The van der Waals surface area contributed by atoms with Gasteiger partial charge < -0.3 is 15.0 Å². The van der Waals surface area contributed by atoms with Crippen molar-refractivity contribution in [2.24, 2.45) is 0 Å². The number of hydrogen-bond acceptors (Lipinski definition) is 3. The lowest BCUT2D eigenvalue weighted by Crippen LogP contribution is -2.16. The lowest BCUT2D eigenvalue weighted by molar-refractivity contribution is 0.260. The highest BCUT2D eigenvalue weighted by Gasteiger charge is 2.35. The summed E-state index contributed by atoms with van der Waals surface area (Å²) >= 11 is 0. The summed E-state index contributed by atoms with van der Waals surface area (Å²) in [4.78, 5) is 2.39. The lowest BCUT2D eigenvalue weighted by Gasteiger charge is -2.28. The number of fused-ring (bicyclic) bond motifs is 8. The predicted octanol–water partition coefficient (Wildman–Crippen LogP) is 14.6. The Morgan fingerprint density at radius 2 is 1.04 bits per heavy atom. The Labute approximate surface area is 333 Å². The maximum atomic E-state index is 6.44. The molecule has 1 atom stereocenters. The SMILES string of the molecule is CC1(C)c2ccccc2-c2ccc(N(c3ccc(-c4ccccc4)cc3)c3ccc(-c4ccc5ccc6ccc7c(c6c5c4)NC(c4ccccc4)O7)cc3)cc21. The molecule has 1 N–H and O–H groups in total. The number of nitrogens with one attached hydrogen (secondary N) is 1. The van der Waals surface area contributed by atoms with Gasteiger partial charge in [-0.1, -0.05) is 159 Å². The van der Waals surface area contributed by atoms with Gasteiger partial charge in [-0.2, -0.15) is 0 Å². The minimum absolute atomic E-state index is 0.0981. The van der Waals surface area contributed by atoms with Gasteiger partial charge in [-0.25, -0.2) is 0 Å². The van der Waals surface area contributed by atoms with Crippen LogP contribution in [-0.2, 0) is 5.41 Å². The molecule has 9 aromatic carbocycles. The Morgan fingerprint density at radius 1 is 0.474 bits per heavy atom. The Balaban J connectivity index is 0.990. The molecule has 0 amide bonds. The quantitative estimate of drug-likeness (QED) is 0.172. The zero-order chi connectivity index (χ0) is 38.1. The maximum absolute atomic E-state index is 6.44. The summed E-state index contributed by atoms with van der Waals surface area (Å²) in [5.41, 5.74) is 15.6. The van der Waals surface area contributed by atoms with Crippen LogP contribution in [0, 0.1) is 0 Å². The Morgan fingerprint density at radius 3 is 1.79 bits per heavy atom. The number of anilines is 4. The topological polar surface area (TPSA) is 24.5 Å². The van der Waals surface area contributed by atoms with Crippen LogP contribution in [0.15, 0.2) is 194 Å². The predicted molar refractivity (Wildman–Crippen MR) is 238 cm³/mol. The monoisotopic (exact) mass is 732 g/mol. The molecule has 0 radical (unpaired) electrons. The first-order chi connectivity index (χ1) is 28.0. The summed E-state index contributed by atoms with van der Waals surface area (Å²) < 4.78 is 6.44. The molecular formula is C54H40N2O. The van der Waals surface area contributed by atoms with Gasteiger partial charge in [-0.05, 0) is 109 Å². The van der Waals surface area contributed by atoms with Gasteiger partial charge in [0.15, 0.2) is 6.23 Å². The average molecular weight is 733 g/mol. The first-order valence-corrected chi connectivity index (χ1v) is 19.8. The fraction of sp³-hybridized carbons (Fsp3) is 0.0741. The zero-order valence-electron chi connectivity index (χ0n) is 31.9. The second-order valence-electron chi connectivity index (χ2n) is 15.8. The summed E-state index contributed by atoms with van der Waals surface area (Å²) in [5, 5.41) is 8.49. The van der Waals surface area contributed by atoms with Gasteiger partial charge >= 0.3 is 0 Å². The van der Waals surface area contributed by atoms with Crippen molar-refractivity contribution in [3.8, 4) is 39.1 Å². The van der Waals surface area contributed by atoms with Crippen molar-refractivity contribution in [2.75, 3.05) is 10.2 Å². The number of hydrogen-bond donors (Lipinski definition) is 1. The average Bonchev–Trinajstić information content (AvgIpc) is 3.81. The van der Waals surface area contributed by atoms with Gasteiger partial charge in [0.2, 0.25) is 0 Å². The minimum atomic E-state index is -0.220. The van der Waals surface area contributed by atoms with E-state index < -0.39 is 0 Å². The van der Waals surface area contributed by atoms with Crippen LogP contribution in [0.5, 0.6) is 5.75 Å². The smallest absolute Gasteiger partial charge is 0.196 e. The second-order valence-corrected chi connectivity index (χ2v) is 15.8. The van der Waals surface area contributed by atoms with Crippen LogP contribution in [0.4, 0.5) is 22.7 Å². The van der Waals surface area contributed by atoms with Gasteiger partial charge in [0.25, 0.3) is 0 Å². The van der Waals surface area contributed by atoms with E-state index in [1.165, 1.54) is 66.1 Å². The van der Waals surface area contributed by atoms with Crippen molar-refractivity contribution in [2.45, 2.75) is 25.5 Å². The van der Waals surface area contributed by atoms with E-state index in [-0.39, 0.29) is 11.6 Å². The first kappa shape index (κ1) is 33.3. The van der Waals surface area contributed by atoms with Crippen LogP contribution in [0.2, 0.25) is 0 Å². The molecule has 0 aromatic heterocycles. The molecule has 11 rings (SSSR count). The van der Waals surface area contributed by atoms with Gasteiger partial charge in [0.05, 0.1) is 5.69 Å². The molecule has 3 nitrogen and oxygen atoms in total. The molecule has 1 aliphatic heterocycles. The molecule has 0 spiro atoms. The van der Waals surface area contributed by atoms with E-state index in [0.717, 1.165) is 34.1 Å². The summed E-state index contributed by atoms with van der Waals surface area (Å²) in [6.07, 6.45) is -0.220. The third-order valence-electron chi connectivity index (χ3n) is 12.1. The number of nitrogens with zero attached hydrogens (tertiary/aromatic N) is 1. The number of rotatable bonds is 6. The molecule has 0 saturated heterocycles. The fourth-order valence-corrected chi connectivity index (χ4v) is 9.13. The standard InChI is InChI=1S/C54H40N2O/c1-54(2)48-16-10-9-15-45(48)46-31-30-44(34-49(46)54)56(42-26-21-36(22-27-42)35-11-5-3-6-12-35)43-28-23-37(24-29-43)41-20-18-38-17-19-39-25-32-50-52(51(39)47(38)33-41)55-53(57-50)40-13-7-4-8-14-40/h3-34,53,55H,1-2H3. The minimum Gasteiger partial charge on any atom is -0.464 e. The number of ether oxygens (including phenoxy) is 1. The van der Waals surface area contributed by atoms with Crippen molar-refractivity contribution >= 4 is 44.3 Å². The largest absolute Gasteiger partial charge is 0.464 e. The fourth-order valence-electron chi connectivity index (χ4n) is 9.13. The zero-order valence-corrected chi connectivity index (χ0v) is 31.9. The van der Waals surface area contributed by atoms with E-state index in [1.807, 2.05) is 6.07 Å². The normalized spacial score (nSPS) is 14.7. The number of benzene rings is 9. The lowest BCUT2D eigenvalue weighted by atomic mass is 9.82. The molecule has 2 aliphatic rings. The van der Waals surface area contributed by atoms with Crippen LogP contribution >= 0.6 is 0 Å². The Bertz CT molecular complexity index is 2970.